The van der Waals surface area contributed by atoms with Gasteiger partial charge in [0.25, 0.3) is 0 Å². The predicted molar refractivity (Wildman–Crippen MR) is 71.0 cm³/mol. The van der Waals surface area contributed by atoms with Crippen LogP contribution in [0.1, 0.15) is 13.8 Å². The molecule has 2 nitrogen and oxygen atoms in total. The molecule has 18 heavy (non-hydrogen) atoms. The number of para-hydroxylation sites is 1. The number of aromatic nitrogens is 2. The molecule has 0 aliphatic carbocycles. The van der Waals surface area contributed by atoms with E-state index in [1.807, 2.05) is 0 Å². The zero-order chi connectivity index (χ0) is 11.8. The zero-order valence-corrected chi connectivity index (χ0v) is 12.3. The number of hydrogen-bond acceptors (Lipinski definition) is 0. The van der Waals surface area contributed by atoms with E-state index >= 15 is 0 Å². The fraction of sp³-hybridized carbons (Fsp3) is 0.267. The normalized spacial score (nSPS) is 10.8. The van der Waals surface area contributed by atoms with Gasteiger partial charge in [-0.1, -0.05) is 18.2 Å². The van der Waals surface area contributed by atoms with E-state index in [1.165, 1.54) is 21.8 Å². The van der Waals surface area contributed by atoms with Crippen molar-refractivity contribution in [1.29, 1.82) is 0 Å². The second-order valence-electron chi connectivity index (χ2n) is 4.34. The third kappa shape index (κ3) is 1.83. The Morgan fingerprint density at radius 2 is 1.72 bits per heavy atom. The van der Waals surface area contributed by atoms with Gasteiger partial charge in [0, 0.05) is 23.5 Å². The maximum atomic E-state index is 2.38. The molecule has 3 aromatic rings. The van der Waals surface area contributed by atoms with Crippen LogP contribution in [0, 0.1) is 0 Å². The van der Waals surface area contributed by atoms with Crippen LogP contribution in [0.3, 0.4) is 0 Å². The van der Waals surface area contributed by atoms with Crippen LogP contribution < -0.4 is 21.5 Å². The average Bonchev–Trinajstić information content (AvgIpc) is 2.71. The highest BCUT2D eigenvalue weighted by atomic mass is 79.9. The molecular formula is C15H17BrN2. The number of rotatable bonds is 2. The molecule has 0 saturated heterocycles. The Balaban J connectivity index is 0.00000120. The quantitative estimate of drug-likeness (QED) is 0.595. The number of hydrogen-bond donors (Lipinski definition) is 0. The van der Waals surface area contributed by atoms with Gasteiger partial charge in [0.05, 0.1) is 10.9 Å². The monoisotopic (exact) mass is 304 g/mol. The van der Waals surface area contributed by atoms with E-state index in [0.717, 1.165) is 13.1 Å². The van der Waals surface area contributed by atoms with Gasteiger partial charge in [-0.3, -0.25) is 0 Å². The van der Waals surface area contributed by atoms with Crippen molar-refractivity contribution in [3.05, 3.63) is 42.7 Å². The number of nitrogens with zero attached hydrogens (tertiary/aromatic N) is 2. The van der Waals surface area contributed by atoms with Gasteiger partial charge < -0.3 is 21.5 Å². The molecule has 2 aromatic heterocycles. The molecule has 0 unspecified atom stereocenters. The molecular weight excluding hydrogens is 288 g/mol. The van der Waals surface area contributed by atoms with Crippen LogP contribution in [0.5, 0.6) is 0 Å². The Hall–Kier alpha value is -1.35. The summed E-state index contributed by atoms with van der Waals surface area (Å²) < 4.78 is 4.61. The summed E-state index contributed by atoms with van der Waals surface area (Å²) >= 11 is 0. The topological polar surface area (TPSA) is 8.81 Å². The van der Waals surface area contributed by atoms with Gasteiger partial charge in [-0.05, 0) is 19.9 Å². The smallest absolute Gasteiger partial charge is 0.178 e. The highest BCUT2D eigenvalue weighted by Crippen LogP contribution is 2.27. The van der Waals surface area contributed by atoms with Crippen molar-refractivity contribution in [2.24, 2.45) is 0 Å². The second kappa shape index (κ2) is 5.11. The van der Waals surface area contributed by atoms with Gasteiger partial charge >= 0.3 is 0 Å². The van der Waals surface area contributed by atoms with E-state index in [-0.39, 0.29) is 17.0 Å². The summed E-state index contributed by atoms with van der Waals surface area (Å²) in [5, 5.41) is 2.71. The van der Waals surface area contributed by atoms with Crippen LogP contribution in [0.4, 0.5) is 0 Å². The Labute approximate surface area is 118 Å². The second-order valence-corrected chi connectivity index (χ2v) is 4.34. The lowest BCUT2D eigenvalue weighted by atomic mass is 10.2. The van der Waals surface area contributed by atoms with Gasteiger partial charge in [0.2, 0.25) is 0 Å². The Morgan fingerprint density at radius 3 is 2.44 bits per heavy atom. The molecule has 0 bridgehead atoms. The Kier molecular flexibility index (Phi) is 3.71. The molecule has 0 aliphatic heterocycles. The van der Waals surface area contributed by atoms with Crippen LogP contribution in [-0.2, 0) is 13.1 Å². The third-order valence-electron chi connectivity index (χ3n) is 3.45. The fourth-order valence-electron chi connectivity index (χ4n) is 2.58. The number of halogens is 1. The molecule has 3 rings (SSSR count). The summed E-state index contributed by atoms with van der Waals surface area (Å²) in [7, 11) is 0. The molecule has 2 heterocycles. The van der Waals surface area contributed by atoms with Crippen molar-refractivity contribution in [1.82, 2.24) is 4.57 Å². The van der Waals surface area contributed by atoms with E-state index in [2.05, 4.69) is 65.7 Å². The summed E-state index contributed by atoms with van der Waals surface area (Å²) in [4.78, 5) is 0. The maximum absolute atomic E-state index is 2.38. The van der Waals surface area contributed by atoms with Gasteiger partial charge in [0.15, 0.2) is 12.4 Å². The first-order chi connectivity index (χ1) is 8.35. The zero-order valence-electron chi connectivity index (χ0n) is 10.7. The van der Waals surface area contributed by atoms with Crippen LogP contribution in [0.15, 0.2) is 42.7 Å². The fourth-order valence-corrected chi connectivity index (χ4v) is 2.58. The third-order valence-corrected chi connectivity index (χ3v) is 3.45. The summed E-state index contributed by atoms with van der Waals surface area (Å²) in [6.45, 7) is 6.40. The van der Waals surface area contributed by atoms with Crippen molar-refractivity contribution < 1.29 is 21.5 Å². The van der Waals surface area contributed by atoms with Crippen molar-refractivity contribution in [2.75, 3.05) is 0 Å². The lowest BCUT2D eigenvalue weighted by Crippen LogP contribution is -3.00. The number of pyridine rings is 1. The van der Waals surface area contributed by atoms with E-state index < -0.39 is 0 Å². The highest BCUT2D eigenvalue weighted by molar-refractivity contribution is 6.07. The molecule has 0 radical (unpaired) electrons. The molecule has 0 atom stereocenters. The van der Waals surface area contributed by atoms with Gasteiger partial charge in [-0.15, -0.1) is 0 Å². The van der Waals surface area contributed by atoms with Crippen molar-refractivity contribution >= 4 is 21.8 Å². The van der Waals surface area contributed by atoms with Gasteiger partial charge in [0.1, 0.15) is 6.54 Å². The van der Waals surface area contributed by atoms with Crippen LogP contribution >= 0.6 is 0 Å². The first kappa shape index (κ1) is 13.1. The van der Waals surface area contributed by atoms with E-state index in [1.54, 1.807) is 0 Å². The lowest BCUT2D eigenvalue weighted by molar-refractivity contribution is -0.692. The largest absolute Gasteiger partial charge is 1.00 e. The summed E-state index contributed by atoms with van der Waals surface area (Å²) in [6.07, 6.45) is 4.41. The van der Waals surface area contributed by atoms with E-state index in [4.69, 9.17) is 0 Å². The van der Waals surface area contributed by atoms with Crippen molar-refractivity contribution in [2.45, 2.75) is 26.9 Å². The lowest BCUT2D eigenvalue weighted by Gasteiger charge is -2.01. The van der Waals surface area contributed by atoms with Crippen molar-refractivity contribution in [3.8, 4) is 0 Å². The molecule has 0 aliphatic rings. The minimum atomic E-state index is 0. The summed E-state index contributed by atoms with van der Waals surface area (Å²) in [5.41, 5.74) is 2.66. The van der Waals surface area contributed by atoms with E-state index in [9.17, 15) is 0 Å². The van der Waals surface area contributed by atoms with Gasteiger partial charge in [-0.2, -0.15) is 0 Å². The molecule has 0 N–H and O–H groups in total. The molecule has 3 heteroatoms. The minimum absolute atomic E-state index is 0. The predicted octanol–water partition coefficient (Wildman–Crippen LogP) is 0.126. The minimum Gasteiger partial charge on any atom is -1.00 e. The average molecular weight is 305 g/mol. The summed E-state index contributed by atoms with van der Waals surface area (Å²) in [5.74, 6) is 0. The molecule has 0 saturated carbocycles. The SMILES string of the molecule is CCn1c2ccccc2c2c[n+](CC)ccc21.[Br-]. The number of fused-ring (bicyclic) bond motifs is 3. The first-order valence-electron chi connectivity index (χ1n) is 6.25. The molecule has 94 valence electrons. The standard InChI is InChI=1S/C15H17N2.BrH/c1-3-16-10-9-15-13(11-16)12-7-5-6-8-14(12)17(15)4-2;/h5-11H,3-4H2,1-2H3;1H/q+1;/p-1. The number of benzene rings is 1. The highest BCUT2D eigenvalue weighted by Gasteiger charge is 2.11. The Bertz CT molecular complexity index is 685. The maximum Gasteiger partial charge on any atom is 0.178 e. The Morgan fingerprint density at radius 1 is 1.00 bits per heavy atom. The van der Waals surface area contributed by atoms with Crippen LogP contribution in [0.25, 0.3) is 21.8 Å². The molecule has 0 spiro atoms. The molecule has 0 amide bonds. The first-order valence-corrected chi connectivity index (χ1v) is 6.25. The molecule has 0 fully saturated rings. The number of aryl methyl sites for hydroxylation is 2. The van der Waals surface area contributed by atoms with E-state index in [0.29, 0.717) is 0 Å². The van der Waals surface area contributed by atoms with Gasteiger partial charge in [-0.25, -0.2) is 4.57 Å². The summed E-state index contributed by atoms with van der Waals surface area (Å²) in [6, 6.07) is 10.9. The van der Waals surface area contributed by atoms with Crippen molar-refractivity contribution in [3.63, 3.8) is 0 Å². The van der Waals surface area contributed by atoms with Crippen LogP contribution in [0.2, 0.25) is 0 Å². The molecule has 1 aromatic carbocycles. The van der Waals surface area contributed by atoms with Crippen LogP contribution in [-0.4, -0.2) is 4.57 Å².